The maximum Gasteiger partial charge on any atom is 0.185 e. The summed E-state index contributed by atoms with van der Waals surface area (Å²) in [6, 6.07) is 14.4. The van der Waals surface area contributed by atoms with Gasteiger partial charge < -0.3 is 5.73 Å². The number of hydrogen-bond acceptors (Lipinski definition) is 4. The van der Waals surface area contributed by atoms with Crippen molar-refractivity contribution in [3.63, 3.8) is 0 Å². The minimum atomic E-state index is -0.389. The van der Waals surface area contributed by atoms with Gasteiger partial charge in [-0.05, 0) is 40.6 Å². The molecule has 0 amide bonds. The van der Waals surface area contributed by atoms with Gasteiger partial charge in [0.15, 0.2) is 5.82 Å². The Kier molecular flexibility index (Phi) is 3.59. The van der Waals surface area contributed by atoms with Gasteiger partial charge in [0.2, 0.25) is 0 Å². The van der Waals surface area contributed by atoms with Crippen molar-refractivity contribution in [1.29, 1.82) is 0 Å². The summed E-state index contributed by atoms with van der Waals surface area (Å²) in [5.74, 6) is -0.00399. The molecule has 0 bridgehead atoms. The molecule has 21 heavy (non-hydrogen) atoms. The smallest absolute Gasteiger partial charge is 0.185 e. The first kappa shape index (κ1) is 13.2. The average molecular weight is 283 g/mol. The quantitative estimate of drug-likeness (QED) is 0.746. The highest BCUT2D eigenvalue weighted by Crippen LogP contribution is 2.22. The monoisotopic (exact) mass is 283 g/mol. The summed E-state index contributed by atoms with van der Waals surface area (Å²) in [5.41, 5.74) is 7.67. The molecule has 0 unspecified atom stereocenters. The van der Waals surface area contributed by atoms with Gasteiger partial charge >= 0.3 is 0 Å². The van der Waals surface area contributed by atoms with Gasteiger partial charge in [-0.25, -0.2) is 9.07 Å². The van der Waals surface area contributed by atoms with Crippen LogP contribution in [0, 0.1) is 5.82 Å². The third-order valence-electron chi connectivity index (χ3n) is 3.22. The van der Waals surface area contributed by atoms with Gasteiger partial charge in [-0.3, -0.25) is 0 Å². The summed E-state index contributed by atoms with van der Waals surface area (Å²) in [6.45, 7) is 0.570. The Labute approximate surface area is 121 Å². The van der Waals surface area contributed by atoms with Crippen molar-refractivity contribution < 1.29 is 4.39 Å². The maximum atomic E-state index is 13.9. The molecular formula is C15H14FN5. The van der Waals surface area contributed by atoms with Crippen LogP contribution in [0.5, 0.6) is 0 Å². The van der Waals surface area contributed by atoms with Gasteiger partial charge in [0.25, 0.3) is 0 Å². The molecule has 2 aromatic carbocycles. The number of benzene rings is 2. The van der Waals surface area contributed by atoms with Crippen LogP contribution in [0.2, 0.25) is 0 Å². The minimum absolute atomic E-state index is 0.313. The van der Waals surface area contributed by atoms with Crippen LogP contribution in [0.25, 0.3) is 11.4 Å². The van der Waals surface area contributed by atoms with Gasteiger partial charge in [0.1, 0.15) is 5.82 Å². The number of nitrogens with zero attached hydrogens (tertiary/aromatic N) is 4. The van der Waals surface area contributed by atoms with Crippen molar-refractivity contribution >= 4 is 5.69 Å². The molecule has 3 aromatic rings. The van der Waals surface area contributed by atoms with Gasteiger partial charge in [-0.2, -0.15) is 0 Å². The van der Waals surface area contributed by atoms with Crippen molar-refractivity contribution in [2.24, 2.45) is 0 Å². The van der Waals surface area contributed by atoms with E-state index in [-0.39, 0.29) is 5.82 Å². The number of nitrogens with two attached hydrogens (primary N) is 1. The van der Waals surface area contributed by atoms with E-state index >= 15 is 0 Å². The van der Waals surface area contributed by atoms with Crippen LogP contribution >= 0.6 is 0 Å². The molecule has 1 aromatic heterocycles. The number of nitrogen functional groups attached to an aromatic ring is 1. The standard InChI is InChI=1S/C15H14FN5/c16-14-7-6-12(17)10-13(14)15-18-19-20-21(15)9-8-11-4-2-1-3-5-11/h1-7,10H,8-9,17H2. The summed E-state index contributed by atoms with van der Waals surface area (Å²) in [6.07, 6.45) is 0.767. The topological polar surface area (TPSA) is 69.6 Å². The zero-order chi connectivity index (χ0) is 14.7. The number of rotatable bonds is 4. The molecule has 0 aliphatic carbocycles. The second-order valence-corrected chi connectivity index (χ2v) is 4.70. The van der Waals surface area contributed by atoms with Crippen molar-refractivity contribution in [1.82, 2.24) is 20.2 Å². The van der Waals surface area contributed by atoms with Crippen molar-refractivity contribution in [3.05, 3.63) is 59.9 Å². The fraction of sp³-hybridized carbons (Fsp3) is 0.133. The Morgan fingerprint density at radius 1 is 1.10 bits per heavy atom. The molecule has 0 saturated heterocycles. The Morgan fingerprint density at radius 3 is 2.71 bits per heavy atom. The van der Waals surface area contributed by atoms with E-state index in [2.05, 4.69) is 15.5 Å². The van der Waals surface area contributed by atoms with Crippen LogP contribution in [0.4, 0.5) is 10.1 Å². The molecule has 0 fully saturated rings. The maximum absolute atomic E-state index is 13.9. The SMILES string of the molecule is Nc1ccc(F)c(-c2nnnn2CCc2ccccc2)c1. The largest absolute Gasteiger partial charge is 0.399 e. The molecule has 0 spiro atoms. The third-order valence-corrected chi connectivity index (χ3v) is 3.22. The second kappa shape index (κ2) is 5.70. The summed E-state index contributed by atoms with van der Waals surface area (Å²) in [4.78, 5) is 0. The predicted octanol–water partition coefficient (Wildman–Crippen LogP) is 2.30. The molecule has 106 valence electrons. The van der Waals surface area contributed by atoms with Crippen LogP contribution in [-0.4, -0.2) is 20.2 Å². The third kappa shape index (κ3) is 2.89. The summed E-state index contributed by atoms with van der Waals surface area (Å²) in [5, 5.41) is 11.5. The Balaban J connectivity index is 1.86. The Bertz CT molecular complexity index is 739. The number of anilines is 1. The molecule has 3 rings (SSSR count). The molecule has 6 heteroatoms. The van der Waals surface area contributed by atoms with Crippen LogP contribution in [0.3, 0.4) is 0 Å². The van der Waals surface area contributed by atoms with E-state index in [1.54, 1.807) is 10.7 Å². The first-order chi connectivity index (χ1) is 10.2. The van der Waals surface area contributed by atoms with E-state index in [9.17, 15) is 4.39 Å². The van der Waals surface area contributed by atoms with E-state index < -0.39 is 0 Å². The van der Waals surface area contributed by atoms with Crippen LogP contribution in [-0.2, 0) is 13.0 Å². The molecule has 0 aliphatic rings. The molecule has 0 radical (unpaired) electrons. The second-order valence-electron chi connectivity index (χ2n) is 4.70. The number of tetrazole rings is 1. The van der Waals surface area contributed by atoms with Crippen LogP contribution in [0.15, 0.2) is 48.5 Å². The molecule has 0 saturated carbocycles. The molecule has 2 N–H and O–H groups in total. The summed E-state index contributed by atoms with van der Waals surface area (Å²) in [7, 11) is 0. The fourth-order valence-electron chi connectivity index (χ4n) is 2.14. The molecular weight excluding hydrogens is 269 g/mol. The highest BCUT2D eigenvalue weighted by molar-refractivity contribution is 5.61. The van der Waals surface area contributed by atoms with E-state index in [0.29, 0.717) is 23.6 Å². The highest BCUT2D eigenvalue weighted by atomic mass is 19.1. The molecule has 0 aliphatic heterocycles. The fourth-order valence-corrected chi connectivity index (χ4v) is 2.14. The number of aryl methyl sites for hydroxylation is 2. The van der Waals surface area contributed by atoms with Crippen molar-refractivity contribution in [2.45, 2.75) is 13.0 Å². The number of hydrogen-bond donors (Lipinski definition) is 1. The van der Waals surface area contributed by atoms with Crippen LogP contribution < -0.4 is 5.73 Å². The van der Waals surface area contributed by atoms with Gasteiger partial charge in [-0.1, -0.05) is 30.3 Å². The van der Waals surface area contributed by atoms with E-state index in [4.69, 9.17) is 5.73 Å². The lowest BCUT2D eigenvalue weighted by Gasteiger charge is -2.06. The zero-order valence-electron chi connectivity index (χ0n) is 11.3. The van der Waals surface area contributed by atoms with Gasteiger partial charge in [0.05, 0.1) is 5.56 Å². The first-order valence-electron chi connectivity index (χ1n) is 6.59. The molecule has 1 heterocycles. The van der Waals surface area contributed by atoms with E-state index in [1.165, 1.54) is 17.7 Å². The van der Waals surface area contributed by atoms with E-state index in [0.717, 1.165) is 6.42 Å². The summed E-state index contributed by atoms with van der Waals surface area (Å²) < 4.78 is 15.5. The first-order valence-corrected chi connectivity index (χ1v) is 6.59. The lowest BCUT2D eigenvalue weighted by atomic mass is 10.1. The predicted molar refractivity (Wildman–Crippen MR) is 77.8 cm³/mol. The lowest BCUT2D eigenvalue weighted by molar-refractivity contribution is 0.587. The highest BCUT2D eigenvalue weighted by Gasteiger charge is 2.13. The Hall–Kier alpha value is -2.76. The zero-order valence-corrected chi connectivity index (χ0v) is 11.3. The minimum Gasteiger partial charge on any atom is -0.399 e. The van der Waals surface area contributed by atoms with Crippen molar-refractivity contribution in [3.8, 4) is 11.4 Å². The average Bonchev–Trinajstić information content (AvgIpc) is 2.97. The van der Waals surface area contributed by atoms with Crippen molar-refractivity contribution in [2.75, 3.05) is 5.73 Å². The molecule has 5 nitrogen and oxygen atoms in total. The van der Waals surface area contributed by atoms with Gasteiger partial charge in [0, 0.05) is 12.2 Å². The number of halogens is 1. The normalized spacial score (nSPS) is 10.7. The summed E-state index contributed by atoms with van der Waals surface area (Å²) >= 11 is 0. The molecule has 0 atom stereocenters. The number of aromatic nitrogens is 4. The Morgan fingerprint density at radius 2 is 1.90 bits per heavy atom. The van der Waals surface area contributed by atoms with Crippen LogP contribution in [0.1, 0.15) is 5.56 Å². The van der Waals surface area contributed by atoms with Gasteiger partial charge in [-0.15, -0.1) is 5.10 Å². The lowest BCUT2D eigenvalue weighted by Crippen LogP contribution is -2.06. The van der Waals surface area contributed by atoms with E-state index in [1.807, 2.05) is 30.3 Å².